The van der Waals surface area contributed by atoms with E-state index in [0.717, 1.165) is 5.57 Å². The van der Waals surface area contributed by atoms with E-state index in [2.05, 4.69) is 25.1 Å². The van der Waals surface area contributed by atoms with Crippen LogP contribution in [0.25, 0.3) is 0 Å². The fourth-order valence-electron chi connectivity index (χ4n) is 2.11. The molecule has 0 aromatic carbocycles. The molecule has 0 bridgehead atoms. The van der Waals surface area contributed by atoms with Crippen molar-refractivity contribution < 1.29 is 9.53 Å². The van der Waals surface area contributed by atoms with Gasteiger partial charge in [-0.25, -0.2) is 4.79 Å². The minimum absolute atomic E-state index is 0.265. The van der Waals surface area contributed by atoms with Crippen molar-refractivity contribution in [1.29, 1.82) is 0 Å². The molecule has 4 nitrogen and oxygen atoms in total. The Morgan fingerprint density at radius 2 is 1.85 bits per heavy atom. The van der Waals surface area contributed by atoms with E-state index in [1.165, 1.54) is 0 Å². The van der Waals surface area contributed by atoms with Crippen LogP contribution in [-0.2, 0) is 9.53 Å². The molecule has 1 rings (SSSR count). The zero-order chi connectivity index (χ0) is 19.5. The van der Waals surface area contributed by atoms with E-state index in [9.17, 15) is 4.79 Å². The van der Waals surface area contributed by atoms with Crippen LogP contribution < -0.4 is 11.1 Å². The van der Waals surface area contributed by atoms with E-state index >= 15 is 0 Å². The molecular formula is C22H26N2O2. The van der Waals surface area contributed by atoms with Gasteiger partial charge in [0.2, 0.25) is 6.23 Å². The van der Waals surface area contributed by atoms with E-state index in [1.807, 2.05) is 38.2 Å². The molecule has 0 saturated carbocycles. The standard InChI is InChI=1S/C22H26N2O2/c1-6-9-12-16(4)15-20-17(5)22(25)26-21(24-20)18(13-10-7-2)19(23)14-11-8-3/h6-15,21,24H,2-3,5,23H2,1,4H3/b9-6-,13-10+,14-11+,16-12+,19-18-,20-15+. The number of ether oxygens (including phenoxy) is 1. The first-order chi connectivity index (χ1) is 12.4. The highest BCUT2D eigenvalue weighted by atomic mass is 16.6. The van der Waals surface area contributed by atoms with E-state index in [4.69, 9.17) is 10.5 Å². The Kier molecular flexibility index (Phi) is 8.44. The van der Waals surface area contributed by atoms with Gasteiger partial charge in [0, 0.05) is 11.3 Å². The molecule has 1 heterocycles. The number of carbonyl (C=O) groups excluding carboxylic acids is 1. The smallest absolute Gasteiger partial charge is 0.341 e. The number of rotatable bonds is 7. The summed E-state index contributed by atoms with van der Waals surface area (Å²) >= 11 is 0. The second kappa shape index (κ2) is 10.6. The topological polar surface area (TPSA) is 64.3 Å². The monoisotopic (exact) mass is 350 g/mol. The van der Waals surface area contributed by atoms with Crippen molar-refractivity contribution in [3.63, 3.8) is 0 Å². The Balaban J connectivity index is 3.30. The molecule has 0 aliphatic carbocycles. The summed E-state index contributed by atoms with van der Waals surface area (Å²) < 4.78 is 5.44. The van der Waals surface area contributed by atoms with E-state index in [1.54, 1.807) is 36.5 Å². The SMILES string of the molecule is C=C/C=C/C(N)=C(\C=C\C=C)C1N/C(=C/C(C)=C/C=C\C)C(=C)C(=O)O1. The Hall–Kier alpha value is -3.27. The summed E-state index contributed by atoms with van der Waals surface area (Å²) in [4.78, 5) is 12.2. The number of esters is 1. The van der Waals surface area contributed by atoms with Crippen molar-refractivity contribution in [2.45, 2.75) is 20.1 Å². The van der Waals surface area contributed by atoms with Crippen LogP contribution in [-0.4, -0.2) is 12.2 Å². The molecule has 1 aliphatic heterocycles. The molecule has 1 saturated heterocycles. The van der Waals surface area contributed by atoms with Gasteiger partial charge < -0.3 is 15.8 Å². The fourth-order valence-corrected chi connectivity index (χ4v) is 2.11. The molecule has 3 N–H and O–H groups in total. The maximum atomic E-state index is 12.2. The van der Waals surface area contributed by atoms with E-state index in [0.29, 0.717) is 17.0 Å². The lowest BCUT2D eigenvalue weighted by molar-refractivity contribution is -0.145. The third-order valence-corrected chi connectivity index (χ3v) is 3.45. The predicted octanol–water partition coefficient (Wildman–Crippen LogP) is 4.12. The second-order valence-electron chi connectivity index (χ2n) is 5.50. The van der Waals surface area contributed by atoms with Crippen molar-refractivity contribution in [2.75, 3.05) is 0 Å². The molecule has 0 spiro atoms. The molecule has 0 radical (unpaired) electrons. The van der Waals surface area contributed by atoms with Crippen LogP contribution in [0.3, 0.4) is 0 Å². The minimum atomic E-state index is -0.737. The van der Waals surface area contributed by atoms with Gasteiger partial charge in [-0.3, -0.25) is 0 Å². The first-order valence-corrected chi connectivity index (χ1v) is 8.20. The zero-order valence-electron chi connectivity index (χ0n) is 15.4. The van der Waals surface area contributed by atoms with Gasteiger partial charge >= 0.3 is 5.97 Å². The van der Waals surface area contributed by atoms with Gasteiger partial charge in [-0.15, -0.1) is 0 Å². The predicted molar refractivity (Wildman–Crippen MR) is 109 cm³/mol. The lowest BCUT2D eigenvalue weighted by Gasteiger charge is -2.29. The molecule has 0 aromatic heterocycles. The summed E-state index contributed by atoms with van der Waals surface area (Å²) in [7, 11) is 0. The van der Waals surface area contributed by atoms with Gasteiger partial charge in [0.1, 0.15) is 0 Å². The summed E-state index contributed by atoms with van der Waals surface area (Å²) in [5.41, 5.74) is 9.00. The molecule has 136 valence electrons. The van der Waals surface area contributed by atoms with E-state index in [-0.39, 0.29) is 5.57 Å². The Morgan fingerprint density at radius 1 is 1.19 bits per heavy atom. The van der Waals surface area contributed by atoms with Crippen molar-refractivity contribution in [3.8, 4) is 0 Å². The quantitative estimate of drug-likeness (QED) is 0.412. The van der Waals surface area contributed by atoms with Crippen LogP contribution in [0.1, 0.15) is 13.8 Å². The number of cyclic esters (lactones) is 1. The lowest BCUT2D eigenvalue weighted by atomic mass is 10.1. The molecular weight excluding hydrogens is 324 g/mol. The Labute approximate surface area is 155 Å². The molecule has 1 unspecified atom stereocenters. The summed E-state index contributed by atoms with van der Waals surface area (Å²) in [6, 6.07) is 0. The van der Waals surface area contributed by atoms with Crippen LogP contribution >= 0.6 is 0 Å². The molecule has 0 amide bonds. The van der Waals surface area contributed by atoms with E-state index < -0.39 is 12.2 Å². The second-order valence-corrected chi connectivity index (χ2v) is 5.50. The number of nitrogens with two attached hydrogens (primary N) is 1. The highest BCUT2D eigenvalue weighted by molar-refractivity contribution is 5.94. The van der Waals surface area contributed by atoms with Crippen molar-refractivity contribution in [2.24, 2.45) is 5.73 Å². The number of nitrogens with one attached hydrogen (secondary N) is 1. The average Bonchev–Trinajstić information content (AvgIpc) is 2.62. The molecule has 1 atom stereocenters. The summed E-state index contributed by atoms with van der Waals surface area (Å²) in [6.45, 7) is 15.0. The van der Waals surface area contributed by atoms with Crippen molar-refractivity contribution >= 4 is 5.97 Å². The maximum Gasteiger partial charge on any atom is 0.341 e. The average molecular weight is 350 g/mol. The maximum absolute atomic E-state index is 12.2. The largest absolute Gasteiger partial charge is 0.434 e. The van der Waals surface area contributed by atoms with Gasteiger partial charge in [-0.05, 0) is 31.6 Å². The summed E-state index contributed by atoms with van der Waals surface area (Å²) in [6.07, 6.45) is 17.0. The molecule has 1 fully saturated rings. The number of hydrogen-bond donors (Lipinski definition) is 2. The Bertz CT molecular complexity index is 759. The van der Waals surface area contributed by atoms with Gasteiger partial charge in [0.05, 0.1) is 11.3 Å². The number of allylic oxidation sites excluding steroid dienone is 10. The van der Waals surface area contributed by atoms with Crippen LogP contribution in [0.15, 0.2) is 109 Å². The summed E-state index contributed by atoms with van der Waals surface area (Å²) in [5, 5.41) is 3.18. The van der Waals surface area contributed by atoms with Crippen molar-refractivity contribution in [3.05, 3.63) is 109 Å². The third-order valence-electron chi connectivity index (χ3n) is 3.45. The van der Waals surface area contributed by atoms with Crippen LogP contribution in [0.2, 0.25) is 0 Å². The first-order valence-electron chi connectivity index (χ1n) is 8.20. The third kappa shape index (κ3) is 5.98. The molecule has 26 heavy (non-hydrogen) atoms. The fraction of sp³-hybridized carbons (Fsp3) is 0.136. The number of hydrogen-bond acceptors (Lipinski definition) is 4. The van der Waals surface area contributed by atoms with Crippen LogP contribution in [0.5, 0.6) is 0 Å². The van der Waals surface area contributed by atoms with Crippen LogP contribution in [0.4, 0.5) is 0 Å². The number of carbonyl (C=O) groups is 1. The molecule has 4 heteroatoms. The molecule has 0 aromatic rings. The van der Waals surface area contributed by atoms with Gasteiger partial charge in [-0.1, -0.05) is 68.3 Å². The van der Waals surface area contributed by atoms with Crippen molar-refractivity contribution in [1.82, 2.24) is 5.32 Å². The van der Waals surface area contributed by atoms with Crippen LogP contribution in [0, 0.1) is 0 Å². The highest BCUT2D eigenvalue weighted by Crippen LogP contribution is 2.22. The van der Waals surface area contributed by atoms with Gasteiger partial charge in [-0.2, -0.15) is 0 Å². The normalized spacial score (nSPS) is 21.2. The highest BCUT2D eigenvalue weighted by Gasteiger charge is 2.29. The first kappa shape index (κ1) is 20.8. The lowest BCUT2D eigenvalue weighted by Crippen LogP contribution is -2.42. The van der Waals surface area contributed by atoms with Gasteiger partial charge in [0.25, 0.3) is 0 Å². The minimum Gasteiger partial charge on any atom is -0.434 e. The van der Waals surface area contributed by atoms with Gasteiger partial charge in [0.15, 0.2) is 0 Å². The summed E-state index contributed by atoms with van der Waals surface area (Å²) in [5.74, 6) is -0.496. The Morgan fingerprint density at radius 3 is 2.46 bits per heavy atom. The zero-order valence-corrected chi connectivity index (χ0v) is 15.4. The molecule has 1 aliphatic rings.